The fraction of sp³-hybridized carbons (Fsp3) is 0.938. The summed E-state index contributed by atoms with van der Waals surface area (Å²) < 4.78 is 61.5. The highest BCUT2D eigenvalue weighted by Crippen LogP contribution is 2.28. The summed E-state index contributed by atoms with van der Waals surface area (Å²) in [6.45, 7) is 7.22. The number of likely N-dealkylation sites (tertiary alicyclic amines) is 1. The zero-order chi connectivity index (χ0) is 20.1. The monoisotopic (exact) mass is 541 g/mol. The van der Waals surface area contributed by atoms with E-state index in [4.69, 9.17) is 0 Å². The maximum atomic E-state index is 12.7. The Morgan fingerprint density at radius 2 is 1.79 bits per heavy atom. The van der Waals surface area contributed by atoms with E-state index in [2.05, 4.69) is 27.4 Å². The summed E-state index contributed by atoms with van der Waals surface area (Å²) in [5.41, 5.74) is -5.24. The molecule has 0 spiro atoms. The maximum Gasteiger partial charge on any atom is 0.511 e. The van der Waals surface area contributed by atoms with Gasteiger partial charge in [0.2, 0.25) is 0 Å². The lowest BCUT2D eigenvalue weighted by atomic mass is 10.1. The summed E-state index contributed by atoms with van der Waals surface area (Å²) in [5, 5.41) is 6.40. The lowest BCUT2D eigenvalue weighted by Gasteiger charge is -2.32. The number of sulfonamides is 1. The Morgan fingerprint density at radius 3 is 2.32 bits per heavy atom. The van der Waals surface area contributed by atoms with Crippen LogP contribution in [0.3, 0.4) is 0 Å². The Morgan fingerprint density at radius 1 is 1.14 bits per heavy atom. The van der Waals surface area contributed by atoms with Crippen LogP contribution in [-0.4, -0.2) is 80.4 Å². The fourth-order valence-corrected chi connectivity index (χ4v) is 4.60. The molecule has 2 aliphatic rings. The molecule has 0 bridgehead atoms. The van der Waals surface area contributed by atoms with Gasteiger partial charge in [-0.05, 0) is 45.7 Å². The van der Waals surface area contributed by atoms with Gasteiger partial charge in [-0.25, -0.2) is 8.42 Å². The van der Waals surface area contributed by atoms with Gasteiger partial charge in [-0.15, -0.1) is 24.0 Å². The molecule has 2 aliphatic heterocycles. The van der Waals surface area contributed by atoms with E-state index in [1.165, 1.54) is 6.42 Å². The summed E-state index contributed by atoms with van der Waals surface area (Å²) in [4.78, 5) is 7.03. The van der Waals surface area contributed by atoms with E-state index >= 15 is 0 Å². The van der Waals surface area contributed by atoms with Crippen molar-refractivity contribution in [3.8, 4) is 0 Å². The SMILES string of the molecule is CCNC(=NCC1CCCN1CC)NC1CCN(S(=O)(=O)C(F)(F)F)CC1.I. The highest BCUT2D eigenvalue weighted by Gasteiger charge is 2.50. The zero-order valence-electron chi connectivity index (χ0n) is 16.3. The molecule has 0 aromatic rings. The van der Waals surface area contributed by atoms with Gasteiger partial charge < -0.3 is 10.6 Å². The third-order valence-electron chi connectivity index (χ3n) is 5.14. The Labute approximate surface area is 182 Å². The minimum atomic E-state index is -5.24. The van der Waals surface area contributed by atoms with Crippen LogP contribution in [0.4, 0.5) is 13.2 Å². The number of hydrogen-bond acceptors (Lipinski definition) is 4. The largest absolute Gasteiger partial charge is 0.511 e. The summed E-state index contributed by atoms with van der Waals surface area (Å²) in [5.74, 6) is 0.637. The van der Waals surface area contributed by atoms with Crippen molar-refractivity contribution in [2.24, 2.45) is 4.99 Å². The Hall–Kier alpha value is -0.340. The van der Waals surface area contributed by atoms with Crippen molar-refractivity contribution in [2.45, 2.75) is 57.1 Å². The van der Waals surface area contributed by atoms with Crippen LogP contribution in [0.25, 0.3) is 0 Å². The number of aliphatic imine (C=N–C) groups is 1. The van der Waals surface area contributed by atoms with Gasteiger partial charge in [0.25, 0.3) is 0 Å². The molecule has 2 saturated heterocycles. The van der Waals surface area contributed by atoms with Gasteiger partial charge in [0.05, 0.1) is 6.54 Å². The van der Waals surface area contributed by atoms with Crippen LogP contribution in [0.2, 0.25) is 0 Å². The third-order valence-corrected chi connectivity index (χ3v) is 6.77. The van der Waals surface area contributed by atoms with E-state index in [0.29, 0.717) is 42.2 Å². The predicted octanol–water partition coefficient (Wildman–Crippen LogP) is 1.96. The van der Waals surface area contributed by atoms with Crippen LogP contribution in [-0.2, 0) is 10.0 Å². The first-order chi connectivity index (χ1) is 12.7. The van der Waals surface area contributed by atoms with E-state index in [9.17, 15) is 21.6 Å². The molecule has 2 N–H and O–H groups in total. The van der Waals surface area contributed by atoms with E-state index in [1.807, 2.05) is 6.92 Å². The van der Waals surface area contributed by atoms with Gasteiger partial charge in [0.1, 0.15) is 0 Å². The molecule has 0 aliphatic carbocycles. The van der Waals surface area contributed by atoms with E-state index in [-0.39, 0.29) is 43.1 Å². The number of guanidine groups is 1. The number of hydrogen-bond donors (Lipinski definition) is 2. The fourth-order valence-electron chi connectivity index (χ4n) is 3.62. The van der Waals surface area contributed by atoms with Crippen LogP contribution in [0.5, 0.6) is 0 Å². The lowest BCUT2D eigenvalue weighted by molar-refractivity contribution is -0.0494. The predicted molar refractivity (Wildman–Crippen MR) is 114 cm³/mol. The second-order valence-electron chi connectivity index (χ2n) is 6.91. The molecular formula is C16H31F3IN5O2S. The number of nitrogens with one attached hydrogen (secondary N) is 2. The number of piperidine rings is 1. The van der Waals surface area contributed by atoms with Crippen molar-refractivity contribution in [1.29, 1.82) is 0 Å². The van der Waals surface area contributed by atoms with Crippen LogP contribution < -0.4 is 10.6 Å². The molecule has 2 fully saturated rings. The molecule has 166 valence electrons. The van der Waals surface area contributed by atoms with Crippen molar-refractivity contribution < 1.29 is 21.6 Å². The Balaban J connectivity index is 0.00000392. The number of likely N-dealkylation sites (N-methyl/N-ethyl adjacent to an activating group) is 1. The summed E-state index contributed by atoms with van der Waals surface area (Å²) in [6, 6.07) is 0.317. The molecular weight excluding hydrogens is 510 g/mol. The second kappa shape index (κ2) is 11.2. The smallest absolute Gasteiger partial charge is 0.357 e. The van der Waals surface area contributed by atoms with Gasteiger partial charge in [0, 0.05) is 31.7 Å². The average Bonchev–Trinajstić information content (AvgIpc) is 3.07. The first kappa shape index (κ1) is 25.7. The molecule has 12 heteroatoms. The minimum Gasteiger partial charge on any atom is -0.357 e. The third kappa shape index (κ3) is 6.59. The Kier molecular flexibility index (Phi) is 10.2. The van der Waals surface area contributed by atoms with Crippen molar-refractivity contribution in [1.82, 2.24) is 19.8 Å². The van der Waals surface area contributed by atoms with Crippen LogP contribution >= 0.6 is 24.0 Å². The van der Waals surface area contributed by atoms with Crippen molar-refractivity contribution in [3.05, 3.63) is 0 Å². The van der Waals surface area contributed by atoms with Gasteiger partial charge in [-0.3, -0.25) is 9.89 Å². The quantitative estimate of drug-likeness (QED) is 0.306. The van der Waals surface area contributed by atoms with Crippen LogP contribution in [0.15, 0.2) is 4.99 Å². The molecule has 2 rings (SSSR count). The van der Waals surface area contributed by atoms with Crippen LogP contribution in [0.1, 0.15) is 39.5 Å². The molecule has 0 saturated carbocycles. The Bertz CT molecular complexity index is 610. The molecule has 2 heterocycles. The molecule has 0 aromatic heterocycles. The summed E-state index contributed by atoms with van der Waals surface area (Å²) >= 11 is 0. The summed E-state index contributed by atoms with van der Waals surface area (Å²) in [6.07, 6.45) is 2.91. The van der Waals surface area contributed by atoms with Crippen molar-refractivity contribution >= 4 is 40.0 Å². The van der Waals surface area contributed by atoms with Gasteiger partial charge in [-0.2, -0.15) is 17.5 Å². The minimum absolute atomic E-state index is 0. The molecule has 0 radical (unpaired) electrons. The number of halogens is 4. The van der Waals surface area contributed by atoms with Crippen LogP contribution in [0, 0.1) is 0 Å². The lowest BCUT2D eigenvalue weighted by Crippen LogP contribution is -2.51. The average molecular weight is 541 g/mol. The normalized spacial score (nSPS) is 23.5. The van der Waals surface area contributed by atoms with E-state index in [1.54, 1.807) is 0 Å². The first-order valence-electron chi connectivity index (χ1n) is 9.54. The number of nitrogens with zero attached hydrogens (tertiary/aromatic N) is 3. The molecule has 0 aromatic carbocycles. The number of rotatable bonds is 6. The molecule has 1 atom stereocenters. The molecule has 1 unspecified atom stereocenters. The van der Waals surface area contributed by atoms with E-state index in [0.717, 1.165) is 19.5 Å². The van der Waals surface area contributed by atoms with Crippen molar-refractivity contribution in [3.63, 3.8) is 0 Å². The first-order valence-corrected chi connectivity index (χ1v) is 11.0. The topological polar surface area (TPSA) is 77.0 Å². The molecule has 28 heavy (non-hydrogen) atoms. The number of alkyl halides is 3. The maximum absolute atomic E-state index is 12.7. The van der Waals surface area contributed by atoms with Gasteiger partial charge in [-0.1, -0.05) is 6.92 Å². The molecule has 0 amide bonds. The summed E-state index contributed by atoms with van der Waals surface area (Å²) in [7, 11) is -5.24. The zero-order valence-corrected chi connectivity index (χ0v) is 19.5. The highest BCUT2D eigenvalue weighted by atomic mass is 127. The van der Waals surface area contributed by atoms with Gasteiger partial charge >= 0.3 is 15.5 Å². The van der Waals surface area contributed by atoms with Gasteiger partial charge in [0.15, 0.2) is 5.96 Å². The van der Waals surface area contributed by atoms with E-state index < -0.39 is 15.5 Å². The standard InChI is InChI=1S/C16H30F3N5O2S.HI/c1-3-20-15(21-12-14-6-5-9-23(14)4-2)22-13-7-10-24(11-8-13)27(25,26)16(17,18)19;/h13-14H,3-12H2,1-2H3,(H2,20,21,22);1H. The molecule has 7 nitrogen and oxygen atoms in total. The van der Waals surface area contributed by atoms with Crippen molar-refractivity contribution in [2.75, 3.05) is 39.3 Å². The second-order valence-corrected chi connectivity index (χ2v) is 8.84. The highest BCUT2D eigenvalue weighted by molar-refractivity contribution is 14.0.